The van der Waals surface area contributed by atoms with Crippen molar-refractivity contribution in [3.8, 4) is 0 Å². The Morgan fingerprint density at radius 3 is 2.57 bits per heavy atom. The Morgan fingerprint density at radius 1 is 1.10 bits per heavy atom. The molecule has 21 heavy (non-hydrogen) atoms. The largest absolute Gasteiger partial charge is 0.345 e. The first kappa shape index (κ1) is 13.8. The number of hydrogen-bond acceptors (Lipinski definition) is 1. The van der Waals surface area contributed by atoms with Gasteiger partial charge in [-0.2, -0.15) is 0 Å². The number of hydrogen-bond donors (Lipinski definition) is 0. The number of carbonyl (C=O) groups excluding carboxylic acids is 1. The van der Waals surface area contributed by atoms with Gasteiger partial charge in [-0.05, 0) is 30.3 Å². The number of para-hydroxylation sites is 1. The van der Waals surface area contributed by atoms with E-state index in [1.807, 2.05) is 35.0 Å². The molecule has 0 spiro atoms. The van der Waals surface area contributed by atoms with Crippen molar-refractivity contribution < 1.29 is 9.18 Å². The monoisotopic (exact) mass is 301 g/mol. The summed E-state index contributed by atoms with van der Waals surface area (Å²) in [5, 5.41) is 1.66. The Labute approximate surface area is 126 Å². The second-order valence-corrected chi connectivity index (χ2v) is 5.27. The van der Waals surface area contributed by atoms with Crippen LogP contribution in [0.25, 0.3) is 10.9 Å². The van der Waals surface area contributed by atoms with Crippen LogP contribution < -0.4 is 0 Å². The van der Waals surface area contributed by atoms with E-state index in [0.29, 0.717) is 23.6 Å². The van der Waals surface area contributed by atoms with Crippen molar-refractivity contribution in [3.63, 3.8) is 0 Å². The van der Waals surface area contributed by atoms with E-state index in [1.54, 1.807) is 0 Å². The van der Waals surface area contributed by atoms with Crippen LogP contribution in [0, 0.1) is 5.82 Å². The Kier molecular flexibility index (Phi) is 3.76. The second-order valence-electron chi connectivity index (χ2n) is 4.87. The molecule has 0 aliphatic heterocycles. The van der Waals surface area contributed by atoms with Crippen LogP contribution in [0.5, 0.6) is 0 Å². The van der Waals surface area contributed by atoms with Crippen molar-refractivity contribution in [1.82, 2.24) is 4.57 Å². The Hall–Kier alpha value is -2.13. The molecule has 0 N–H and O–H groups in total. The lowest BCUT2D eigenvalue weighted by atomic mass is 10.1. The number of fused-ring (bicyclic) bond motifs is 1. The number of benzene rings is 2. The van der Waals surface area contributed by atoms with Crippen LogP contribution >= 0.6 is 11.6 Å². The zero-order valence-electron chi connectivity index (χ0n) is 11.2. The second kappa shape index (κ2) is 5.70. The predicted octanol–water partition coefficient (Wildman–Crippen LogP) is 4.71. The number of aryl methyl sites for hydroxylation is 1. The van der Waals surface area contributed by atoms with E-state index in [2.05, 4.69) is 0 Å². The van der Waals surface area contributed by atoms with E-state index in [4.69, 9.17) is 11.6 Å². The van der Waals surface area contributed by atoms with Gasteiger partial charge in [0.05, 0.1) is 5.02 Å². The first-order valence-electron chi connectivity index (χ1n) is 6.67. The quantitative estimate of drug-likeness (QED) is 0.640. The highest BCUT2D eigenvalue weighted by Crippen LogP contribution is 2.25. The third kappa shape index (κ3) is 2.83. The first-order valence-corrected chi connectivity index (χ1v) is 7.05. The van der Waals surface area contributed by atoms with Crippen LogP contribution in [-0.4, -0.2) is 10.4 Å². The molecule has 1 heterocycles. The molecule has 3 aromatic rings. The number of halogens is 2. The van der Waals surface area contributed by atoms with Gasteiger partial charge in [0.2, 0.25) is 0 Å². The molecule has 0 fully saturated rings. The highest BCUT2D eigenvalue weighted by atomic mass is 35.5. The fourth-order valence-electron chi connectivity index (χ4n) is 2.39. The van der Waals surface area contributed by atoms with Crippen molar-refractivity contribution in [3.05, 3.63) is 71.1 Å². The van der Waals surface area contributed by atoms with E-state index < -0.39 is 0 Å². The summed E-state index contributed by atoms with van der Waals surface area (Å²) in [6, 6.07) is 13.4. The van der Waals surface area contributed by atoms with Gasteiger partial charge < -0.3 is 4.57 Å². The standard InChI is InChI=1S/C17H13ClFNO/c18-15-11-20(16-4-2-1-3-14(15)16)10-9-17(21)12-5-7-13(19)8-6-12/h1-8,11H,9-10H2. The van der Waals surface area contributed by atoms with E-state index >= 15 is 0 Å². The normalized spacial score (nSPS) is 11.0. The molecular weight excluding hydrogens is 289 g/mol. The Morgan fingerprint density at radius 2 is 1.81 bits per heavy atom. The summed E-state index contributed by atoms with van der Waals surface area (Å²) in [7, 11) is 0. The lowest BCUT2D eigenvalue weighted by molar-refractivity contribution is 0.0977. The van der Waals surface area contributed by atoms with Crippen molar-refractivity contribution >= 4 is 28.3 Å². The first-order chi connectivity index (χ1) is 10.1. The minimum atomic E-state index is -0.338. The van der Waals surface area contributed by atoms with E-state index in [9.17, 15) is 9.18 Å². The summed E-state index contributed by atoms with van der Waals surface area (Å²) >= 11 is 6.18. The van der Waals surface area contributed by atoms with Gasteiger partial charge >= 0.3 is 0 Å². The van der Waals surface area contributed by atoms with Gasteiger partial charge in [0, 0.05) is 35.6 Å². The van der Waals surface area contributed by atoms with E-state index in [-0.39, 0.29) is 11.6 Å². The van der Waals surface area contributed by atoms with Crippen molar-refractivity contribution in [2.24, 2.45) is 0 Å². The predicted molar refractivity (Wildman–Crippen MR) is 82.3 cm³/mol. The SMILES string of the molecule is O=C(CCn1cc(Cl)c2ccccc21)c1ccc(F)cc1. The average molecular weight is 302 g/mol. The Bertz CT molecular complexity index is 792. The maximum absolute atomic E-state index is 12.8. The average Bonchev–Trinajstić information content (AvgIpc) is 2.83. The summed E-state index contributed by atoms with van der Waals surface area (Å²) in [5.74, 6) is -0.348. The molecule has 2 nitrogen and oxygen atoms in total. The third-order valence-electron chi connectivity index (χ3n) is 3.49. The molecule has 3 rings (SSSR count). The molecule has 0 unspecified atom stereocenters. The van der Waals surface area contributed by atoms with E-state index in [0.717, 1.165) is 10.9 Å². The minimum absolute atomic E-state index is 0.0103. The van der Waals surface area contributed by atoms with Gasteiger partial charge in [-0.3, -0.25) is 4.79 Å². The molecule has 0 bridgehead atoms. The maximum Gasteiger partial charge on any atom is 0.164 e. The molecule has 1 aromatic heterocycles. The molecule has 0 aliphatic rings. The van der Waals surface area contributed by atoms with Crippen LogP contribution in [0.4, 0.5) is 4.39 Å². The van der Waals surface area contributed by atoms with Gasteiger partial charge in [0.25, 0.3) is 0 Å². The zero-order chi connectivity index (χ0) is 14.8. The zero-order valence-corrected chi connectivity index (χ0v) is 12.0. The van der Waals surface area contributed by atoms with Crippen LogP contribution in [-0.2, 0) is 6.54 Å². The number of rotatable bonds is 4. The van der Waals surface area contributed by atoms with Crippen LogP contribution in [0.1, 0.15) is 16.8 Å². The lowest BCUT2D eigenvalue weighted by Crippen LogP contribution is -2.05. The van der Waals surface area contributed by atoms with Crippen molar-refractivity contribution in [2.75, 3.05) is 0 Å². The topological polar surface area (TPSA) is 22.0 Å². The molecule has 0 saturated heterocycles. The highest BCUT2D eigenvalue weighted by Gasteiger charge is 2.09. The molecule has 4 heteroatoms. The molecule has 0 radical (unpaired) electrons. The van der Waals surface area contributed by atoms with Crippen molar-refractivity contribution in [1.29, 1.82) is 0 Å². The van der Waals surface area contributed by atoms with Crippen LogP contribution in [0.15, 0.2) is 54.7 Å². The lowest BCUT2D eigenvalue weighted by Gasteiger charge is -2.05. The highest BCUT2D eigenvalue weighted by molar-refractivity contribution is 6.35. The molecule has 0 saturated carbocycles. The summed E-state index contributed by atoms with van der Waals surface area (Å²) in [5.41, 5.74) is 1.54. The fraction of sp³-hybridized carbons (Fsp3) is 0.118. The van der Waals surface area contributed by atoms with Gasteiger partial charge in [-0.1, -0.05) is 29.8 Å². The Balaban J connectivity index is 1.77. The number of nitrogens with zero attached hydrogens (tertiary/aromatic N) is 1. The number of carbonyl (C=O) groups is 1. The van der Waals surface area contributed by atoms with Gasteiger partial charge in [-0.25, -0.2) is 4.39 Å². The fourth-order valence-corrected chi connectivity index (χ4v) is 2.67. The summed E-state index contributed by atoms with van der Waals surface area (Å²) in [6.45, 7) is 0.545. The summed E-state index contributed by atoms with van der Waals surface area (Å²) in [4.78, 5) is 12.1. The molecule has 0 atom stereocenters. The summed E-state index contributed by atoms with van der Waals surface area (Å²) < 4.78 is 14.8. The number of aromatic nitrogens is 1. The van der Waals surface area contributed by atoms with Gasteiger partial charge in [-0.15, -0.1) is 0 Å². The molecule has 0 amide bonds. The molecule has 106 valence electrons. The number of Topliss-reactive ketones (excluding diaryl/α,β-unsaturated/α-hetero) is 1. The minimum Gasteiger partial charge on any atom is -0.345 e. The van der Waals surface area contributed by atoms with Gasteiger partial charge in [0.1, 0.15) is 5.82 Å². The van der Waals surface area contributed by atoms with Crippen LogP contribution in [0.2, 0.25) is 5.02 Å². The summed E-state index contributed by atoms with van der Waals surface area (Å²) in [6.07, 6.45) is 2.19. The maximum atomic E-state index is 12.8. The van der Waals surface area contributed by atoms with Gasteiger partial charge in [0.15, 0.2) is 5.78 Å². The van der Waals surface area contributed by atoms with Crippen molar-refractivity contribution in [2.45, 2.75) is 13.0 Å². The molecular formula is C17H13ClFNO. The third-order valence-corrected chi connectivity index (χ3v) is 3.79. The molecule has 2 aromatic carbocycles. The molecule has 0 aliphatic carbocycles. The number of ketones is 1. The smallest absolute Gasteiger partial charge is 0.164 e. The van der Waals surface area contributed by atoms with Crippen LogP contribution in [0.3, 0.4) is 0 Å². The van der Waals surface area contributed by atoms with E-state index in [1.165, 1.54) is 24.3 Å².